The van der Waals surface area contributed by atoms with Crippen LogP contribution in [0, 0.1) is 0 Å². The minimum Gasteiger partial charge on any atom is -0.403 e. The molecule has 2 heterocycles. The fourth-order valence-electron chi connectivity index (χ4n) is 3.54. The van der Waals surface area contributed by atoms with Crippen LogP contribution in [0.5, 0.6) is 0 Å². The predicted octanol–water partition coefficient (Wildman–Crippen LogP) is 2.19. The van der Waals surface area contributed by atoms with E-state index in [2.05, 4.69) is 15.5 Å². The number of sulfone groups is 1. The second kappa shape index (κ2) is 9.85. The van der Waals surface area contributed by atoms with Crippen LogP contribution in [0.3, 0.4) is 0 Å². The molecule has 186 valence electrons. The number of nitrogens with zero attached hydrogens (tertiary/aromatic N) is 3. The van der Waals surface area contributed by atoms with E-state index in [1.165, 1.54) is 59.9 Å². The molecular formula is C22H24N4O7S2. The number of benzene rings is 2. The van der Waals surface area contributed by atoms with Gasteiger partial charge in [0.25, 0.3) is 5.91 Å². The highest BCUT2D eigenvalue weighted by Crippen LogP contribution is 2.23. The average molecular weight is 521 g/mol. The number of sulfonamides is 1. The minimum absolute atomic E-state index is 0.0622. The fraction of sp³-hybridized carbons (Fsp3) is 0.318. The summed E-state index contributed by atoms with van der Waals surface area (Å²) in [7, 11) is -5.56. The summed E-state index contributed by atoms with van der Waals surface area (Å²) in [6.07, 6.45) is 2.73. The quantitative estimate of drug-likeness (QED) is 0.472. The number of hydrogen-bond donors (Lipinski definition) is 1. The number of aromatic nitrogens is 2. The molecular weight excluding hydrogens is 496 g/mol. The fourth-order valence-corrected chi connectivity index (χ4v) is 5.37. The zero-order valence-corrected chi connectivity index (χ0v) is 20.7. The van der Waals surface area contributed by atoms with Crippen LogP contribution >= 0.6 is 0 Å². The third kappa shape index (κ3) is 5.75. The smallest absolute Gasteiger partial charge is 0.322 e. The Morgan fingerprint density at radius 1 is 1.03 bits per heavy atom. The lowest BCUT2D eigenvalue weighted by atomic mass is 10.2. The second-order valence-electron chi connectivity index (χ2n) is 8.11. The summed E-state index contributed by atoms with van der Waals surface area (Å²) in [5.41, 5.74) is 0.676. The molecule has 1 atom stereocenters. The van der Waals surface area contributed by atoms with Crippen molar-refractivity contribution in [3.8, 4) is 11.5 Å². The van der Waals surface area contributed by atoms with Gasteiger partial charge in [0.05, 0.1) is 15.9 Å². The molecule has 1 aromatic heterocycles. The van der Waals surface area contributed by atoms with Gasteiger partial charge in [-0.1, -0.05) is 5.10 Å². The molecule has 11 nitrogen and oxygen atoms in total. The van der Waals surface area contributed by atoms with E-state index in [0.29, 0.717) is 12.2 Å². The highest BCUT2D eigenvalue weighted by atomic mass is 32.2. The molecule has 2 aromatic carbocycles. The third-order valence-electron chi connectivity index (χ3n) is 5.48. The van der Waals surface area contributed by atoms with Crippen LogP contribution in [0.15, 0.2) is 62.7 Å². The topological polar surface area (TPSA) is 149 Å². The van der Waals surface area contributed by atoms with E-state index in [1.807, 2.05) is 0 Å². The van der Waals surface area contributed by atoms with Crippen LogP contribution < -0.4 is 5.32 Å². The number of carbonyl (C=O) groups is 1. The molecule has 1 saturated heterocycles. The van der Waals surface area contributed by atoms with Gasteiger partial charge in [-0.2, -0.15) is 4.31 Å². The molecule has 1 N–H and O–H groups in total. The second-order valence-corrected chi connectivity index (χ2v) is 12.2. The Balaban J connectivity index is 1.41. The van der Waals surface area contributed by atoms with Gasteiger partial charge in [-0.05, 0) is 61.4 Å². The zero-order chi connectivity index (χ0) is 25.2. The van der Waals surface area contributed by atoms with Crippen LogP contribution in [-0.2, 0) is 24.6 Å². The summed E-state index contributed by atoms with van der Waals surface area (Å²) in [5, 5.41) is 10.1. The van der Waals surface area contributed by atoms with Crippen molar-refractivity contribution in [2.45, 2.75) is 28.7 Å². The van der Waals surface area contributed by atoms with Crippen LogP contribution in [0.25, 0.3) is 11.5 Å². The first-order valence-corrected chi connectivity index (χ1v) is 14.0. The molecule has 1 unspecified atom stereocenters. The highest BCUT2D eigenvalue weighted by molar-refractivity contribution is 7.90. The number of hydrogen-bond acceptors (Lipinski definition) is 9. The van der Waals surface area contributed by atoms with E-state index in [0.717, 1.165) is 19.1 Å². The molecule has 4 rings (SSSR count). The van der Waals surface area contributed by atoms with Crippen LogP contribution in [-0.4, -0.2) is 69.8 Å². The summed E-state index contributed by atoms with van der Waals surface area (Å²) in [6, 6.07) is 11.2. The Hall–Kier alpha value is -3.13. The van der Waals surface area contributed by atoms with Crippen molar-refractivity contribution in [2.75, 3.05) is 31.8 Å². The van der Waals surface area contributed by atoms with E-state index in [4.69, 9.17) is 9.15 Å². The van der Waals surface area contributed by atoms with Crippen LogP contribution in [0.4, 0.5) is 6.01 Å². The van der Waals surface area contributed by atoms with Crippen molar-refractivity contribution >= 4 is 31.8 Å². The minimum atomic E-state index is -3.72. The van der Waals surface area contributed by atoms with Gasteiger partial charge in [0.1, 0.15) is 0 Å². The van der Waals surface area contributed by atoms with E-state index >= 15 is 0 Å². The monoisotopic (exact) mass is 520 g/mol. The lowest BCUT2D eigenvalue weighted by molar-refractivity contribution is 0.0979. The SMILES string of the molecule is CN(CC1CCCO1)S(=O)(=O)c1ccc(C(=O)Nc2nnc(-c3ccc(S(C)(=O)=O)cc3)o2)cc1. The zero-order valence-electron chi connectivity index (χ0n) is 19.0. The summed E-state index contributed by atoms with van der Waals surface area (Å²) in [6.45, 7) is 0.903. The Morgan fingerprint density at radius 2 is 1.69 bits per heavy atom. The first-order valence-electron chi connectivity index (χ1n) is 10.7. The van der Waals surface area contributed by atoms with E-state index in [9.17, 15) is 21.6 Å². The number of anilines is 1. The number of carbonyl (C=O) groups excluding carboxylic acids is 1. The van der Waals surface area contributed by atoms with Gasteiger partial charge in [-0.25, -0.2) is 16.8 Å². The Labute approximate surface area is 203 Å². The van der Waals surface area contributed by atoms with Crippen molar-refractivity contribution in [1.29, 1.82) is 0 Å². The average Bonchev–Trinajstić information content (AvgIpc) is 3.51. The largest absolute Gasteiger partial charge is 0.403 e. The standard InChI is InChI=1S/C22H24N4O7S2/c1-26(14-17-4-3-13-32-17)35(30,31)19-11-5-15(6-12-19)20(27)23-22-25-24-21(33-22)16-7-9-18(10-8-16)34(2,28)29/h5-12,17H,3-4,13-14H2,1-2H3,(H,23,25,27). The maximum absolute atomic E-state index is 12.8. The van der Waals surface area contributed by atoms with Crippen LogP contribution in [0.2, 0.25) is 0 Å². The summed E-state index contributed by atoms with van der Waals surface area (Å²) < 4.78 is 61.0. The third-order valence-corrected chi connectivity index (χ3v) is 8.45. The van der Waals surface area contributed by atoms with Crippen molar-refractivity contribution in [3.05, 3.63) is 54.1 Å². The molecule has 35 heavy (non-hydrogen) atoms. The van der Waals surface area contributed by atoms with Gasteiger partial charge in [0.15, 0.2) is 9.84 Å². The lowest BCUT2D eigenvalue weighted by Crippen LogP contribution is -2.34. The van der Waals surface area contributed by atoms with Crippen molar-refractivity contribution in [2.24, 2.45) is 0 Å². The van der Waals surface area contributed by atoms with Gasteiger partial charge in [-0.15, -0.1) is 5.10 Å². The summed E-state index contributed by atoms with van der Waals surface area (Å²) in [4.78, 5) is 12.8. The predicted molar refractivity (Wildman–Crippen MR) is 126 cm³/mol. The first-order chi connectivity index (χ1) is 16.5. The number of ether oxygens (including phenoxy) is 1. The molecule has 0 aliphatic carbocycles. The van der Waals surface area contributed by atoms with Crippen molar-refractivity contribution in [1.82, 2.24) is 14.5 Å². The first kappa shape index (κ1) is 25.0. The molecule has 13 heteroatoms. The molecule has 0 bridgehead atoms. The molecule has 0 radical (unpaired) electrons. The van der Waals surface area contributed by atoms with E-state index in [-0.39, 0.29) is 39.9 Å². The molecule has 3 aromatic rings. The molecule has 1 fully saturated rings. The van der Waals surface area contributed by atoms with Crippen LogP contribution in [0.1, 0.15) is 23.2 Å². The molecule has 1 aliphatic heterocycles. The van der Waals surface area contributed by atoms with Gasteiger partial charge in [-0.3, -0.25) is 10.1 Å². The van der Waals surface area contributed by atoms with Crippen molar-refractivity contribution in [3.63, 3.8) is 0 Å². The maximum Gasteiger partial charge on any atom is 0.322 e. The molecule has 0 saturated carbocycles. The van der Waals surface area contributed by atoms with Gasteiger partial charge in [0.2, 0.25) is 15.9 Å². The molecule has 1 amide bonds. The highest BCUT2D eigenvalue weighted by Gasteiger charge is 2.26. The number of nitrogens with one attached hydrogen (secondary N) is 1. The summed E-state index contributed by atoms with van der Waals surface area (Å²) in [5.74, 6) is -0.472. The van der Waals surface area contributed by atoms with Crippen molar-refractivity contribution < 1.29 is 30.8 Å². The van der Waals surface area contributed by atoms with E-state index in [1.54, 1.807) is 0 Å². The Kier molecular flexibility index (Phi) is 7.03. The lowest BCUT2D eigenvalue weighted by Gasteiger charge is -2.20. The number of likely N-dealkylation sites (N-methyl/N-ethyl adjacent to an activating group) is 1. The van der Waals surface area contributed by atoms with Gasteiger partial charge >= 0.3 is 6.01 Å². The van der Waals surface area contributed by atoms with Gasteiger partial charge in [0, 0.05) is 37.6 Å². The Bertz CT molecular complexity index is 1410. The molecule has 1 aliphatic rings. The normalized spacial score (nSPS) is 16.5. The Morgan fingerprint density at radius 3 is 2.29 bits per heavy atom. The summed E-state index contributed by atoms with van der Waals surface area (Å²) >= 11 is 0. The van der Waals surface area contributed by atoms with E-state index < -0.39 is 25.8 Å². The maximum atomic E-state index is 12.8. The number of amides is 1. The number of rotatable bonds is 8. The molecule has 0 spiro atoms. The van der Waals surface area contributed by atoms with Gasteiger partial charge < -0.3 is 9.15 Å².